The molecule has 0 aliphatic carbocycles. The van der Waals surface area contributed by atoms with E-state index in [0.717, 1.165) is 31.6 Å². The van der Waals surface area contributed by atoms with Crippen LogP contribution in [0.25, 0.3) is 0 Å². The van der Waals surface area contributed by atoms with Crippen LogP contribution in [0.3, 0.4) is 0 Å². The van der Waals surface area contributed by atoms with Crippen LogP contribution in [-0.4, -0.2) is 54.6 Å². The lowest BCUT2D eigenvalue weighted by molar-refractivity contribution is -0.137. The number of carbonyl (C=O) groups excluding carboxylic acids is 1. The van der Waals surface area contributed by atoms with Crippen LogP contribution >= 0.6 is 11.6 Å². The maximum Gasteiger partial charge on any atom is 0.417 e. The van der Waals surface area contributed by atoms with Gasteiger partial charge in [0.25, 0.3) is 0 Å². The van der Waals surface area contributed by atoms with Gasteiger partial charge >= 0.3 is 6.18 Å². The minimum atomic E-state index is -4.46. The van der Waals surface area contributed by atoms with Gasteiger partial charge in [-0.1, -0.05) is 18.5 Å². The summed E-state index contributed by atoms with van der Waals surface area (Å²) in [5.74, 6) is 0.337. The van der Waals surface area contributed by atoms with Crippen molar-refractivity contribution in [1.29, 1.82) is 0 Å². The van der Waals surface area contributed by atoms with E-state index < -0.39 is 11.7 Å². The van der Waals surface area contributed by atoms with Gasteiger partial charge in [-0.25, -0.2) is 4.98 Å². The van der Waals surface area contributed by atoms with E-state index in [2.05, 4.69) is 10.3 Å². The molecular weight excluding hydrogens is 369 g/mol. The molecule has 0 radical (unpaired) electrons. The van der Waals surface area contributed by atoms with Crippen molar-refractivity contribution >= 4 is 23.3 Å². The second-order valence-electron chi connectivity index (χ2n) is 6.52. The Bertz CT molecular complexity index is 627. The number of nitrogens with zero attached hydrogens (tertiary/aromatic N) is 3. The summed E-state index contributed by atoms with van der Waals surface area (Å²) in [7, 11) is 0. The molecule has 1 N–H and O–H groups in total. The number of pyridine rings is 1. The first-order valence-electron chi connectivity index (χ1n) is 8.70. The molecular formula is C17H24ClF3N4O. The number of alkyl halides is 3. The van der Waals surface area contributed by atoms with Crippen LogP contribution in [0.4, 0.5) is 19.0 Å². The second kappa shape index (κ2) is 8.90. The van der Waals surface area contributed by atoms with Crippen molar-refractivity contribution in [2.45, 2.75) is 38.9 Å². The number of hydrogen-bond acceptors (Lipinski definition) is 4. The second-order valence-corrected chi connectivity index (χ2v) is 6.93. The van der Waals surface area contributed by atoms with E-state index in [1.54, 1.807) is 0 Å². The molecule has 0 bridgehead atoms. The SMILES string of the molecule is CC[C@H](C)NC(=O)CN1CCCN(c2ncc(C(F)(F)F)cc2Cl)CC1. The third kappa shape index (κ3) is 5.74. The molecule has 1 saturated heterocycles. The van der Waals surface area contributed by atoms with Crippen LogP contribution in [0.2, 0.25) is 5.02 Å². The molecule has 5 nitrogen and oxygen atoms in total. The zero-order chi connectivity index (χ0) is 19.3. The molecule has 146 valence electrons. The van der Waals surface area contributed by atoms with Gasteiger partial charge in [-0.2, -0.15) is 13.2 Å². The molecule has 2 rings (SSSR count). The van der Waals surface area contributed by atoms with E-state index >= 15 is 0 Å². The normalized spacial score (nSPS) is 17.7. The predicted molar refractivity (Wildman–Crippen MR) is 95.4 cm³/mol. The van der Waals surface area contributed by atoms with Gasteiger partial charge in [0.1, 0.15) is 5.82 Å². The molecule has 1 aliphatic heterocycles. The molecule has 1 aromatic rings. The number of hydrogen-bond donors (Lipinski definition) is 1. The Balaban J connectivity index is 1.97. The van der Waals surface area contributed by atoms with Gasteiger partial charge in [0.15, 0.2) is 0 Å². The van der Waals surface area contributed by atoms with E-state index in [0.29, 0.717) is 32.0 Å². The summed E-state index contributed by atoms with van der Waals surface area (Å²) < 4.78 is 38.2. The maximum absolute atomic E-state index is 12.7. The number of aromatic nitrogens is 1. The summed E-state index contributed by atoms with van der Waals surface area (Å²) in [6.07, 6.45) is -2.01. The fourth-order valence-electron chi connectivity index (χ4n) is 2.78. The zero-order valence-corrected chi connectivity index (χ0v) is 15.7. The number of halogens is 4. The number of rotatable bonds is 5. The van der Waals surface area contributed by atoms with Crippen molar-refractivity contribution in [2.24, 2.45) is 0 Å². The summed E-state index contributed by atoms with van der Waals surface area (Å²) in [6, 6.07) is 1.05. The Labute approximate surface area is 156 Å². The number of amides is 1. The third-order valence-corrected chi connectivity index (χ3v) is 4.70. The van der Waals surface area contributed by atoms with Gasteiger partial charge in [0, 0.05) is 38.4 Å². The molecule has 1 fully saturated rings. The first-order chi connectivity index (χ1) is 12.2. The molecule has 1 amide bonds. The molecule has 1 aromatic heterocycles. The Morgan fingerprint density at radius 1 is 1.35 bits per heavy atom. The lowest BCUT2D eigenvalue weighted by Crippen LogP contribution is -2.42. The van der Waals surface area contributed by atoms with Gasteiger partial charge in [0.2, 0.25) is 5.91 Å². The quantitative estimate of drug-likeness (QED) is 0.836. The van der Waals surface area contributed by atoms with Crippen LogP contribution in [0, 0.1) is 0 Å². The van der Waals surface area contributed by atoms with Gasteiger partial charge in [-0.05, 0) is 25.8 Å². The summed E-state index contributed by atoms with van der Waals surface area (Å²) in [4.78, 5) is 19.9. The standard InChI is InChI=1S/C17H24ClF3N4O/c1-3-12(2)23-15(26)11-24-5-4-6-25(8-7-24)16-14(18)9-13(10-22-16)17(19,20)21/h9-10,12H,3-8,11H2,1-2H3,(H,23,26)/t12-/m0/s1. The van der Waals surface area contributed by atoms with Crippen molar-refractivity contribution < 1.29 is 18.0 Å². The Hall–Kier alpha value is -1.54. The maximum atomic E-state index is 12.7. The Kier molecular flexibility index (Phi) is 7.11. The average Bonchev–Trinajstić information content (AvgIpc) is 2.79. The first kappa shape index (κ1) is 20.8. The van der Waals surface area contributed by atoms with E-state index in [-0.39, 0.29) is 17.0 Å². The molecule has 1 atom stereocenters. The zero-order valence-electron chi connectivity index (χ0n) is 14.9. The molecule has 0 spiro atoms. The predicted octanol–water partition coefficient (Wildman–Crippen LogP) is 3.18. The van der Waals surface area contributed by atoms with E-state index in [9.17, 15) is 18.0 Å². The lowest BCUT2D eigenvalue weighted by Gasteiger charge is -2.24. The minimum Gasteiger partial charge on any atom is -0.354 e. The lowest BCUT2D eigenvalue weighted by atomic mass is 10.2. The van der Waals surface area contributed by atoms with Crippen LogP contribution < -0.4 is 10.2 Å². The van der Waals surface area contributed by atoms with Gasteiger partial charge in [-0.15, -0.1) is 0 Å². The minimum absolute atomic E-state index is 0.0113. The van der Waals surface area contributed by atoms with Gasteiger partial charge < -0.3 is 10.2 Å². The fourth-order valence-corrected chi connectivity index (χ4v) is 3.07. The largest absolute Gasteiger partial charge is 0.417 e. The molecule has 0 saturated carbocycles. The molecule has 1 aliphatic rings. The molecule has 0 unspecified atom stereocenters. The van der Waals surface area contributed by atoms with Crippen molar-refractivity contribution in [1.82, 2.24) is 15.2 Å². The summed E-state index contributed by atoms with van der Waals surface area (Å²) in [5.41, 5.74) is -0.857. The first-order valence-corrected chi connectivity index (χ1v) is 9.08. The van der Waals surface area contributed by atoms with Crippen molar-refractivity contribution in [3.63, 3.8) is 0 Å². The highest BCUT2D eigenvalue weighted by molar-refractivity contribution is 6.33. The molecule has 9 heteroatoms. The highest BCUT2D eigenvalue weighted by Gasteiger charge is 2.32. The van der Waals surface area contributed by atoms with E-state index in [1.165, 1.54) is 0 Å². The monoisotopic (exact) mass is 392 g/mol. The fraction of sp³-hybridized carbons (Fsp3) is 0.647. The molecule has 0 aromatic carbocycles. The van der Waals surface area contributed by atoms with Crippen LogP contribution in [0.5, 0.6) is 0 Å². The smallest absolute Gasteiger partial charge is 0.354 e. The highest BCUT2D eigenvalue weighted by Crippen LogP contribution is 2.33. The summed E-state index contributed by atoms with van der Waals surface area (Å²) in [5, 5.41) is 2.92. The van der Waals surface area contributed by atoms with Crippen molar-refractivity contribution in [3.8, 4) is 0 Å². The number of anilines is 1. The van der Waals surface area contributed by atoms with E-state index in [4.69, 9.17) is 11.6 Å². The third-order valence-electron chi connectivity index (χ3n) is 4.42. The van der Waals surface area contributed by atoms with Gasteiger partial charge in [0.05, 0.1) is 17.1 Å². The molecule has 26 heavy (non-hydrogen) atoms. The number of nitrogens with one attached hydrogen (secondary N) is 1. The van der Waals surface area contributed by atoms with Crippen LogP contribution in [0.15, 0.2) is 12.3 Å². The van der Waals surface area contributed by atoms with Crippen molar-refractivity contribution in [3.05, 3.63) is 22.8 Å². The molecule has 2 heterocycles. The Morgan fingerprint density at radius 3 is 2.69 bits per heavy atom. The summed E-state index contributed by atoms with van der Waals surface area (Å²) in [6.45, 7) is 6.81. The van der Waals surface area contributed by atoms with Crippen LogP contribution in [-0.2, 0) is 11.0 Å². The van der Waals surface area contributed by atoms with Crippen molar-refractivity contribution in [2.75, 3.05) is 37.6 Å². The highest BCUT2D eigenvalue weighted by atomic mass is 35.5. The van der Waals surface area contributed by atoms with Gasteiger partial charge in [-0.3, -0.25) is 9.69 Å². The number of carbonyl (C=O) groups is 1. The van der Waals surface area contributed by atoms with E-state index in [1.807, 2.05) is 23.6 Å². The topological polar surface area (TPSA) is 48.5 Å². The average molecular weight is 393 g/mol. The van der Waals surface area contributed by atoms with Crippen LogP contribution in [0.1, 0.15) is 32.3 Å². The Morgan fingerprint density at radius 2 is 2.08 bits per heavy atom. The summed E-state index contributed by atoms with van der Waals surface area (Å²) >= 11 is 6.03.